The molecule has 1 aliphatic heterocycles. The Morgan fingerprint density at radius 1 is 1.62 bits per heavy atom. The van der Waals surface area contributed by atoms with Crippen LogP contribution in [-0.4, -0.2) is 41.3 Å². The standard InChI is InChI=1S/C9H16N4O2S/c1-7-4-8(10)2-3-13(7)16(14,15)9-5-11-6-12-9/h5-8H,2-4,10H2,1H3,(H,11,12). The molecule has 0 radical (unpaired) electrons. The molecule has 1 aliphatic rings. The summed E-state index contributed by atoms with van der Waals surface area (Å²) in [4.78, 5) is 6.37. The van der Waals surface area contributed by atoms with Crippen molar-refractivity contribution < 1.29 is 8.42 Å². The predicted molar refractivity (Wildman–Crippen MR) is 59.2 cm³/mol. The largest absolute Gasteiger partial charge is 0.335 e. The van der Waals surface area contributed by atoms with Gasteiger partial charge in [-0.1, -0.05) is 0 Å². The fraction of sp³-hybridized carbons (Fsp3) is 0.667. The lowest BCUT2D eigenvalue weighted by molar-refractivity contribution is 0.246. The summed E-state index contributed by atoms with van der Waals surface area (Å²) in [5.41, 5.74) is 5.81. The first-order chi connectivity index (χ1) is 7.51. The maximum atomic E-state index is 12.2. The number of aromatic nitrogens is 2. The van der Waals surface area contributed by atoms with E-state index >= 15 is 0 Å². The molecule has 2 atom stereocenters. The quantitative estimate of drug-likeness (QED) is 0.760. The molecule has 0 amide bonds. The van der Waals surface area contributed by atoms with E-state index in [1.165, 1.54) is 16.8 Å². The molecule has 16 heavy (non-hydrogen) atoms. The average molecular weight is 244 g/mol. The summed E-state index contributed by atoms with van der Waals surface area (Å²) < 4.78 is 25.8. The fourth-order valence-electron chi connectivity index (χ4n) is 2.05. The molecule has 1 fully saturated rings. The summed E-state index contributed by atoms with van der Waals surface area (Å²) in [5, 5.41) is 0.148. The number of H-pyrrole nitrogens is 1. The number of sulfonamides is 1. The van der Waals surface area contributed by atoms with Gasteiger partial charge in [0.2, 0.25) is 0 Å². The Bertz CT molecular complexity index is 442. The summed E-state index contributed by atoms with van der Waals surface area (Å²) >= 11 is 0. The third kappa shape index (κ3) is 1.98. The molecular weight excluding hydrogens is 228 g/mol. The molecule has 3 N–H and O–H groups in total. The van der Waals surface area contributed by atoms with Gasteiger partial charge < -0.3 is 10.7 Å². The highest BCUT2D eigenvalue weighted by atomic mass is 32.2. The van der Waals surface area contributed by atoms with E-state index in [4.69, 9.17) is 5.73 Å². The summed E-state index contributed by atoms with van der Waals surface area (Å²) in [6.45, 7) is 2.36. The summed E-state index contributed by atoms with van der Waals surface area (Å²) in [7, 11) is -3.43. The molecular formula is C9H16N4O2S. The Labute approximate surface area is 94.9 Å². The van der Waals surface area contributed by atoms with Crippen molar-refractivity contribution in [1.29, 1.82) is 0 Å². The molecule has 6 nitrogen and oxygen atoms in total. The summed E-state index contributed by atoms with van der Waals surface area (Å²) in [5.74, 6) is 0. The number of nitrogens with zero attached hydrogens (tertiary/aromatic N) is 2. The van der Waals surface area contributed by atoms with Crippen LogP contribution in [0.15, 0.2) is 17.6 Å². The highest BCUT2D eigenvalue weighted by Gasteiger charge is 2.34. The van der Waals surface area contributed by atoms with Crippen molar-refractivity contribution >= 4 is 10.0 Å². The second-order valence-corrected chi connectivity index (χ2v) is 6.02. The number of piperidine rings is 1. The smallest absolute Gasteiger partial charge is 0.260 e. The SMILES string of the molecule is CC1CC(N)CCN1S(=O)(=O)c1cnc[nH]1. The first kappa shape index (κ1) is 11.6. The molecule has 1 aromatic heterocycles. The van der Waals surface area contributed by atoms with Crippen molar-refractivity contribution in [3.63, 3.8) is 0 Å². The summed E-state index contributed by atoms with van der Waals surface area (Å²) in [6.07, 6.45) is 4.11. The Morgan fingerprint density at radius 3 is 2.94 bits per heavy atom. The number of imidazole rings is 1. The topological polar surface area (TPSA) is 92.1 Å². The number of rotatable bonds is 2. The molecule has 0 saturated carbocycles. The second-order valence-electron chi connectivity index (χ2n) is 4.17. The minimum absolute atomic E-state index is 0.0583. The molecule has 2 rings (SSSR count). The lowest BCUT2D eigenvalue weighted by Crippen LogP contribution is -2.48. The van der Waals surface area contributed by atoms with Gasteiger partial charge in [0.1, 0.15) is 0 Å². The highest BCUT2D eigenvalue weighted by Crippen LogP contribution is 2.23. The van der Waals surface area contributed by atoms with Crippen molar-refractivity contribution in [3.8, 4) is 0 Å². The molecule has 2 unspecified atom stereocenters. The van der Waals surface area contributed by atoms with Gasteiger partial charge in [0, 0.05) is 18.6 Å². The minimum Gasteiger partial charge on any atom is -0.335 e. The molecule has 0 aromatic carbocycles. The van der Waals surface area contributed by atoms with E-state index in [2.05, 4.69) is 9.97 Å². The second kappa shape index (κ2) is 4.15. The van der Waals surface area contributed by atoms with E-state index < -0.39 is 10.0 Å². The number of hydrogen-bond donors (Lipinski definition) is 2. The normalized spacial score (nSPS) is 28.1. The number of aromatic amines is 1. The van der Waals surface area contributed by atoms with E-state index in [0.29, 0.717) is 19.4 Å². The van der Waals surface area contributed by atoms with Gasteiger partial charge in [-0.2, -0.15) is 4.31 Å². The highest BCUT2D eigenvalue weighted by molar-refractivity contribution is 7.89. The molecule has 90 valence electrons. The minimum atomic E-state index is -3.43. The zero-order valence-corrected chi connectivity index (χ0v) is 9.94. The van der Waals surface area contributed by atoms with Crippen molar-refractivity contribution in [1.82, 2.24) is 14.3 Å². The van der Waals surface area contributed by atoms with Gasteiger partial charge in [0.05, 0.1) is 12.5 Å². The predicted octanol–water partition coefficient (Wildman–Crippen LogP) is -0.0900. The van der Waals surface area contributed by atoms with E-state index in [0.717, 1.165) is 0 Å². The summed E-state index contributed by atoms with van der Waals surface area (Å²) in [6, 6.07) is 0.0419. The molecule has 1 aromatic rings. The van der Waals surface area contributed by atoms with Gasteiger partial charge in [0.25, 0.3) is 10.0 Å². The van der Waals surface area contributed by atoms with E-state index in [1.54, 1.807) is 0 Å². The molecule has 7 heteroatoms. The molecule has 0 spiro atoms. The lowest BCUT2D eigenvalue weighted by atomic mass is 10.0. The van der Waals surface area contributed by atoms with Crippen LogP contribution >= 0.6 is 0 Å². The monoisotopic (exact) mass is 244 g/mol. The molecule has 1 saturated heterocycles. The maximum absolute atomic E-state index is 12.2. The third-order valence-electron chi connectivity index (χ3n) is 2.92. The molecule has 0 aliphatic carbocycles. The number of nitrogens with one attached hydrogen (secondary N) is 1. The Kier molecular flexibility index (Phi) is 3.00. The molecule has 2 heterocycles. The van der Waals surface area contributed by atoms with Crippen LogP contribution in [0.25, 0.3) is 0 Å². The zero-order chi connectivity index (χ0) is 11.8. The van der Waals surface area contributed by atoms with Crippen LogP contribution in [0.4, 0.5) is 0 Å². The maximum Gasteiger partial charge on any atom is 0.260 e. The van der Waals surface area contributed by atoms with Crippen LogP contribution in [0.2, 0.25) is 0 Å². The Hall–Kier alpha value is -0.920. The van der Waals surface area contributed by atoms with Gasteiger partial charge in [-0.05, 0) is 19.8 Å². The Morgan fingerprint density at radius 2 is 2.38 bits per heavy atom. The first-order valence-corrected chi connectivity index (χ1v) is 6.71. The van der Waals surface area contributed by atoms with Crippen molar-refractivity contribution in [2.24, 2.45) is 5.73 Å². The number of hydrogen-bond acceptors (Lipinski definition) is 4. The zero-order valence-electron chi connectivity index (χ0n) is 9.13. The van der Waals surface area contributed by atoms with Gasteiger partial charge in [-0.3, -0.25) is 0 Å². The Balaban J connectivity index is 2.25. The fourth-order valence-corrected chi connectivity index (χ4v) is 3.61. The molecule has 0 bridgehead atoms. The van der Waals surface area contributed by atoms with E-state index in [1.807, 2.05) is 6.92 Å². The third-order valence-corrected chi connectivity index (χ3v) is 4.85. The van der Waals surface area contributed by atoms with Crippen LogP contribution in [0, 0.1) is 0 Å². The average Bonchev–Trinajstić information content (AvgIpc) is 2.69. The van der Waals surface area contributed by atoms with Crippen LogP contribution < -0.4 is 5.73 Å². The van der Waals surface area contributed by atoms with Gasteiger partial charge >= 0.3 is 0 Å². The van der Waals surface area contributed by atoms with Crippen LogP contribution in [0.1, 0.15) is 19.8 Å². The van der Waals surface area contributed by atoms with Crippen LogP contribution in [0.3, 0.4) is 0 Å². The van der Waals surface area contributed by atoms with Gasteiger partial charge in [-0.25, -0.2) is 13.4 Å². The van der Waals surface area contributed by atoms with Gasteiger partial charge in [-0.15, -0.1) is 0 Å². The van der Waals surface area contributed by atoms with Crippen molar-refractivity contribution in [3.05, 3.63) is 12.5 Å². The van der Waals surface area contributed by atoms with Crippen LogP contribution in [0.5, 0.6) is 0 Å². The van der Waals surface area contributed by atoms with Crippen molar-refractivity contribution in [2.75, 3.05) is 6.54 Å². The van der Waals surface area contributed by atoms with Crippen molar-refractivity contribution in [2.45, 2.75) is 36.9 Å². The van der Waals surface area contributed by atoms with Gasteiger partial charge in [0.15, 0.2) is 5.03 Å². The van der Waals surface area contributed by atoms with E-state index in [9.17, 15) is 8.42 Å². The first-order valence-electron chi connectivity index (χ1n) is 5.27. The van der Waals surface area contributed by atoms with Crippen LogP contribution in [-0.2, 0) is 10.0 Å². The van der Waals surface area contributed by atoms with E-state index in [-0.39, 0.29) is 17.1 Å². The number of nitrogens with two attached hydrogens (primary N) is 1. The lowest BCUT2D eigenvalue weighted by Gasteiger charge is -2.34.